The maximum Gasteiger partial charge on any atom is 0.0809 e. The number of nitrogens with one attached hydrogen (secondary N) is 1. The average Bonchev–Trinajstić information content (AvgIpc) is 2.97. The van der Waals surface area contributed by atoms with Gasteiger partial charge >= 0.3 is 0 Å². The zero-order chi connectivity index (χ0) is 14.4. The van der Waals surface area contributed by atoms with Crippen LogP contribution in [-0.4, -0.2) is 33.0 Å². The van der Waals surface area contributed by atoms with Gasteiger partial charge in [0.25, 0.3) is 0 Å². The van der Waals surface area contributed by atoms with Gasteiger partial charge in [-0.3, -0.25) is 0 Å². The van der Waals surface area contributed by atoms with Gasteiger partial charge in [-0.05, 0) is 36.9 Å². The summed E-state index contributed by atoms with van der Waals surface area (Å²) in [5.41, 5.74) is 2.66. The van der Waals surface area contributed by atoms with Gasteiger partial charge in [0.15, 0.2) is 0 Å². The summed E-state index contributed by atoms with van der Waals surface area (Å²) in [7, 11) is 1.98. The van der Waals surface area contributed by atoms with Gasteiger partial charge in [0.2, 0.25) is 0 Å². The summed E-state index contributed by atoms with van der Waals surface area (Å²) in [5, 5.41) is 3.33. The molecule has 1 heterocycles. The van der Waals surface area contributed by atoms with Crippen molar-refractivity contribution >= 4 is 0 Å². The molecule has 2 unspecified atom stereocenters. The Morgan fingerprint density at radius 2 is 1.95 bits per heavy atom. The molecule has 0 bridgehead atoms. The van der Waals surface area contributed by atoms with Crippen LogP contribution in [0.3, 0.4) is 0 Å². The Morgan fingerprint density at radius 1 is 1.25 bits per heavy atom. The van der Waals surface area contributed by atoms with Crippen molar-refractivity contribution in [3.05, 3.63) is 35.4 Å². The van der Waals surface area contributed by atoms with Crippen LogP contribution in [0.5, 0.6) is 0 Å². The number of hydrogen-bond donors (Lipinski definition) is 1. The molecule has 20 heavy (non-hydrogen) atoms. The number of likely N-dealkylation sites (N-methyl/N-ethyl adjacent to an activating group) is 1. The van der Waals surface area contributed by atoms with E-state index >= 15 is 0 Å². The summed E-state index contributed by atoms with van der Waals surface area (Å²) >= 11 is 0. The Hall–Kier alpha value is -0.900. The second-order valence-corrected chi connectivity index (χ2v) is 5.84. The number of benzene rings is 1. The van der Waals surface area contributed by atoms with Gasteiger partial charge in [-0.15, -0.1) is 0 Å². The fraction of sp³-hybridized carbons (Fsp3) is 0.647. The van der Waals surface area contributed by atoms with E-state index in [9.17, 15) is 0 Å². The molecule has 1 N–H and O–H groups in total. The molecule has 0 amide bonds. The molecule has 1 saturated heterocycles. The fourth-order valence-corrected chi connectivity index (χ4v) is 2.55. The Morgan fingerprint density at radius 3 is 2.50 bits per heavy atom. The van der Waals surface area contributed by atoms with Crippen molar-refractivity contribution in [2.45, 2.75) is 44.8 Å². The minimum absolute atomic E-state index is 0.248. The highest BCUT2D eigenvalue weighted by Gasteiger charge is 2.17. The van der Waals surface area contributed by atoms with Crippen molar-refractivity contribution in [3.8, 4) is 0 Å². The third kappa shape index (κ3) is 4.30. The second-order valence-electron chi connectivity index (χ2n) is 5.84. The first-order valence-electron chi connectivity index (χ1n) is 7.67. The molecule has 1 aliphatic heterocycles. The van der Waals surface area contributed by atoms with Crippen LogP contribution in [0, 0.1) is 0 Å². The Kier molecular flexibility index (Phi) is 6.02. The summed E-state index contributed by atoms with van der Waals surface area (Å²) in [4.78, 5) is 0. The molecule has 3 nitrogen and oxygen atoms in total. The van der Waals surface area contributed by atoms with E-state index in [2.05, 4.69) is 43.4 Å². The van der Waals surface area contributed by atoms with Crippen LogP contribution in [-0.2, 0) is 9.47 Å². The first-order chi connectivity index (χ1) is 9.70. The van der Waals surface area contributed by atoms with Gasteiger partial charge in [-0.25, -0.2) is 0 Å². The molecule has 0 saturated carbocycles. The fourth-order valence-electron chi connectivity index (χ4n) is 2.55. The summed E-state index contributed by atoms with van der Waals surface area (Å²) in [5.74, 6) is 0.577. The Balaban J connectivity index is 1.83. The lowest BCUT2D eigenvalue weighted by atomic mass is 9.99. The maximum absolute atomic E-state index is 5.82. The van der Waals surface area contributed by atoms with E-state index in [-0.39, 0.29) is 6.04 Å². The van der Waals surface area contributed by atoms with Crippen LogP contribution in [0.2, 0.25) is 0 Å². The standard InChI is InChI=1S/C17H27NO2/c1-13(2)14-6-8-15(9-7-14)17(18-3)12-19-11-16-5-4-10-20-16/h6-9,13,16-18H,4-5,10-12H2,1-3H3. The Labute approximate surface area is 122 Å². The molecule has 0 radical (unpaired) electrons. The highest BCUT2D eigenvalue weighted by molar-refractivity contribution is 5.26. The quantitative estimate of drug-likeness (QED) is 0.830. The van der Waals surface area contributed by atoms with Gasteiger partial charge in [-0.1, -0.05) is 38.1 Å². The van der Waals surface area contributed by atoms with E-state index in [0.29, 0.717) is 25.2 Å². The lowest BCUT2D eigenvalue weighted by molar-refractivity contribution is 0.0105. The highest BCUT2D eigenvalue weighted by atomic mass is 16.5. The van der Waals surface area contributed by atoms with E-state index in [1.54, 1.807) is 0 Å². The monoisotopic (exact) mass is 277 g/mol. The van der Waals surface area contributed by atoms with Gasteiger partial charge < -0.3 is 14.8 Å². The average molecular weight is 277 g/mol. The molecule has 1 aromatic rings. The molecule has 2 atom stereocenters. The zero-order valence-corrected chi connectivity index (χ0v) is 12.9. The molecule has 112 valence electrons. The molecule has 0 spiro atoms. The largest absolute Gasteiger partial charge is 0.377 e. The van der Waals surface area contributed by atoms with Crippen LogP contribution in [0.15, 0.2) is 24.3 Å². The zero-order valence-electron chi connectivity index (χ0n) is 12.9. The minimum atomic E-state index is 0.248. The first kappa shape index (κ1) is 15.5. The van der Waals surface area contributed by atoms with Gasteiger partial charge in [-0.2, -0.15) is 0 Å². The molecular formula is C17H27NO2. The molecule has 1 aromatic carbocycles. The smallest absolute Gasteiger partial charge is 0.0809 e. The molecule has 2 rings (SSSR count). The van der Waals surface area contributed by atoms with Crippen LogP contribution in [0.1, 0.15) is 49.8 Å². The Bertz CT molecular complexity index is 382. The molecule has 3 heteroatoms. The SMILES string of the molecule is CNC(COCC1CCCO1)c1ccc(C(C)C)cc1. The summed E-state index contributed by atoms with van der Waals surface area (Å²) < 4.78 is 11.4. The number of ether oxygens (including phenoxy) is 2. The van der Waals surface area contributed by atoms with Crippen LogP contribution in [0.4, 0.5) is 0 Å². The second kappa shape index (κ2) is 7.77. The van der Waals surface area contributed by atoms with Gasteiger partial charge in [0, 0.05) is 6.61 Å². The lowest BCUT2D eigenvalue weighted by Gasteiger charge is -2.19. The van der Waals surface area contributed by atoms with Crippen molar-refractivity contribution < 1.29 is 9.47 Å². The van der Waals surface area contributed by atoms with Crippen LogP contribution >= 0.6 is 0 Å². The summed E-state index contributed by atoms with van der Waals surface area (Å²) in [6.07, 6.45) is 2.60. The van der Waals surface area contributed by atoms with E-state index in [0.717, 1.165) is 13.0 Å². The third-order valence-corrected chi connectivity index (χ3v) is 3.97. The molecule has 0 aliphatic carbocycles. The van der Waals surface area contributed by atoms with Gasteiger partial charge in [0.05, 0.1) is 25.4 Å². The molecular weight excluding hydrogens is 250 g/mol. The van der Waals surface area contributed by atoms with Gasteiger partial charge in [0.1, 0.15) is 0 Å². The van der Waals surface area contributed by atoms with Crippen LogP contribution < -0.4 is 5.32 Å². The highest BCUT2D eigenvalue weighted by Crippen LogP contribution is 2.19. The summed E-state index contributed by atoms with van der Waals surface area (Å²) in [6.45, 7) is 6.73. The van der Waals surface area contributed by atoms with E-state index in [4.69, 9.17) is 9.47 Å². The summed E-state index contributed by atoms with van der Waals surface area (Å²) in [6, 6.07) is 9.07. The molecule has 1 aliphatic rings. The topological polar surface area (TPSA) is 30.5 Å². The predicted octanol–water partition coefficient (Wildman–Crippen LogP) is 3.27. The van der Waals surface area contributed by atoms with Crippen molar-refractivity contribution in [1.82, 2.24) is 5.32 Å². The predicted molar refractivity (Wildman–Crippen MR) is 82.1 cm³/mol. The van der Waals surface area contributed by atoms with Crippen molar-refractivity contribution in [2.75, 3.05) is 26.9 Å². The molecule has 0 aromatic heterocycles. The molecule has 1 fully saturated rings. The number of hydrogen-bond acceptors (Lipinski definition) is 3. The maximum atomic E-state index is 5.82. The van der Waals surface area contributed by atoms with Crippen molar-refractivity contribution in [3.63, 3.8) is 0 Å². The van der Waals surface area contributed by atoms with Crippen LogP contribution in [0.25, 0.3) is 0 Å². The normalized spacial score (nSPS) is 20.5. The number of rotatable bonds is 7. The van der Waals surface area contributed by atoms with E-state index < -0.39 is 0 Å². The minimum Gasteiger partial charge on any atom is -0.377 e. The lowest BCUT2D eigenvalue weighted by Crippen LogP contribution is -2.24. The first-order valence-corrected chi connectivity index (χ1v) is 7.67. The van der Waals surface area contributed by atoms with Crippen molar-refractivity contribution in [2.24, 2.45) is 0 Å². The van der Waals surface area contributed by atoms with Crippen molar-refractivity contribution in [1.29, 1.82) is 0 Å². The van der Waals surface area contributed by atoms with E-state index in [1.807, 2.05) is 7.05 Å². The van der Waals surface area contributed by atoms with E-state index in [1.165, 1.54) is 17.5 Å². The third-order valence-electron chi connectivity index (χ3n) is 3.97.